The maximum absolute atomic E-state index is 12.3. The van der Waals surface area contributed by atoms with Gasteiger partial charge in [0.15, 0.2) is 0 Å². The summed E-state index contributed by atoms with van der Waals surface area (Å²) in [4.78, 5) is 24.6. The van der Waals surface area contributed by atoms with E-state index in [2.05, 4.69) is 0 Å². The molecule has 0 aliphatic carbocycles. The number of ether oxygens (including phenoxy) is 2. The molecule has 2 aliphatic rings. The molecule has 2 N–H and O–H groups in total. The number of rotatable bonds is 10. The van der Waals surface area contributed by atoms with Gasteiger partial charge in [0, 0.05) is 60.7 Å². The molecule has 0 spiro atoms. The highest BCUT2D eigenvalue weighted by molar-refractivity contribution is 5.70. The summed E-state index contributed by atoms with van der Waals surface area (Å²) in [6, 6.07) is 0. The summed E-state index contributed by atoms with van der Waals surface area (Å²) in [5.41, 5.74) is -1.74. The van der Waals surface area contributed by atoms with Gasteiger partial charge >= 0.3 is 11.9 Å². The van der Waals surface area contributed by atoms with Gasteiger partial charge in [-0.1, -0.05) is 19.3 Å². The summed E-state index contributed by atoms with van der Waals surface area (Å²) in [5, 5.41) is 23.5. The highest BCUT2D eigenvalue weighted by atomic mass is 16.6. The topological polar surface area (TPSA) is 99.5 Å². The van der Waals surface area contributed by atoms with E-state index < -0.39 is 22.2 Å². The van der Waals surface area contributed by atoms with Crippen molar-refractivity contribution in [1.29, 1.82) is 0 Å². The molecule has 0 unspecified atom stereocenters. The number of hydrogen-bond acceptors (Lipinski definition) is 8. The lowest BCUT2D eigenvalue weighted by Gasteiger charge is -2.50. The van der Waals surface area contributed by atoms with Crippen molar-refractivity contribution in [3.05, 3.63) is 0 Å². The van der Waals surface area contributed by atoms with Gasteiger partial charge in [-0.05, 0) is 68.2 Å². The molecule has 8 heteroatoms. The molecule has 2 fully saturated rings. The van der Waals surface area contributed by atoms with E-state index in [-0.39, 0.29) is 24.1 Å². The molecule has 2 heterocycles. The van der Waals surface area contributed by atoms with Gasteiger partial charge in [-0.15, -0.1) is 0 Å². The van der Waals surface area contributed by atoms with Gasteiger partial charge in [-0.3, -0.25) is 9.59 Å². The van der Waals surface area contributed by atoms with Crippen LogP contribution in [0.4, 0.5) is 0 Å². The fraction of sp³-hybridized carbons (Fsp3) is 0.926. The van der Waals surface area contributed by atoms with Gasteiger partial charge in [0.2, 0.25) is 0 Å². The zero-order valence-corrected chi connectivity index (χ0v) is 23.4. The van der Waals surface area contributed by atoms with Gasteiger partial charge in [-0.2, -0.15) is 10.1 Å². The summed E-state index contributed by atoms with van der Waals surface area (Å²) >= 11 is 0. The number of esters is 2. The molecule has 204 valence electrons. The Bertz CT molecular complexity index is 637. The largest absolute Gasteiger partial charge is 0.462 e. The van der Waals surface area contributed by atoms with Crippen LogP contribution in [0.5, 0.6) is 0 Å². The predicted octanol–water partition coefficient (Wildman–Crippen LogP) is 5.63. The molecular weight excluding hydrogens is 448 g/mol. The van der Waals surface area contributed by atoms with E-state index in [1.54, 1.807) is 0 Å². The average molecular weight is 499 g/mol. The highest BCUT2D eigenvalue weighted by Gasteiger charge is 2.47. The number of carbonyl (C=O) groups is 2. The molecule has 35 heavy (non-hydrogen) atoms. The first kappa shape index (κ1) is 30.0. The third-order valence-electron chi connectivity index (χ3n) is 7.56. The normalized spacial score (nSPS) is 24.7. The van der Waals surface area contributed by atoms with Crippen LogP contribution < -0.4 is 0 Å². The van der Waals surface area contributed by atoms with Crippen LogP contribution in [-0.4, -0.2) is 66.8 Å². The van der Waals surface area contributed by atoms with Crippen molar-refractivity contribution in [2.45, 2.75) is 160 Å². The monoisotopic (exact) mass is 498 g/mol. The van der Waals surface area contributed by atoms with Crippen molar-refractivity contribution in [1.82, 2.24) is 10.1 Å². The fourth-order valence-corrected chi connectivity index (χ4v) is 6.08. The van der Waals surface area contributed by atoms with Crippen LogP contribution in [0.1, 0.15) is 126 Å². The Morgan fingerprint density at radius 3 is 1.14 bits per heavy atom. The Morgan fingerprint density at radius 2 is 0.857 bits per heavy atom. The summed E-state index contributed by atoms with van der Waals surface area (Å²) in [7, 11) is 0. The van der Waals surface area contributed by atoms with Gasteiger partial charge in [0.25, 0.3) is 0 Å². The van der Waals surface area contributed by atoms with E-state index in [0.29, 0.717) is 38.5 Å². The summed E-state index contributed by atoms with van der Waals surface area (Å²) in [5.74, 6) is -0.340. The lowest BCUT2D eigenvalue weighted by molar-refractivity contribution is -0.259. The number of carbonyl (C=O) groups excluding carboxylic acids is 2. The molecule has 0 saturated carbocycles. The maximum atomic E-state index is 12.3. The molecule has 8 nitrogen and oxygen atoms in total. The van der Waals surface area contributed by atoms with Crippen molar-refractivity contribution >= 4 is 11.9 Å². The van der Waals surface area contributed by atoms with Crippen molar-refractivity contribution in [3.63, 3.8) is 0 Å². The fourth-order valence-electron chi connectivity index (χ4n) is 6.08. The first-order valence-electron chi connectivity index (χ1n) is 13.3. The second kappa shape index (κ2) is 11.4. The quantitative estimate of drug-likeness (QED) is 0.295. The zero-order valence-electron chi connectivity index (χ0n) is 23.4. The maximum Gasteiger partial charge on any atom is 0.306 e. The summed E-state index contributed by atoms with van der Waals surface area (Å²) < 4.78 is 11.4. The third-order valence-corrected chi connectivity index (χ3v) is 7.56. The molecule has 0 bridgehead atoms. The zero-order chi connectivity index (χ0) is 26.7. The Kier molecular flexibility index (Phi) is 9.81. The predicted molar refractivity (Wildman–Crippen MR) is 134 cm³/mol. The number of nitrogens with zero attached hydrogens (tertiary/aromatic N) is 2. The van der Waals surface area contributed by atoms with Crippen molar-refractivity contribution in [3.8, 4) is 0 Å². The van der Waals surface area contributed by atoms with Gasteiger partial charge < -0.3 is 19.9 Å². The molecule has 0 amide bonds. The minimum Gasteiger partial charge on any atom is -0.462 e. The Morgan fingerprint density at radius 1 is 0.600 bits per heavy atom. The van der Waals surface area contributed by atoms with Crippen molar-refractivity contribution in [2.24, 2.45) is 0 Å². The lowest BCUT2D eigenvalue weighted by atomic mass is 9.80. The Labute approximate surface area is 212 Å². The summed E-state index contributed by atoms with van der Waals surface area (Å²) in [6.45, 7) is 15.7. The number of piperidine rings is 2. The van der Waals surface area contributed by atoms with Crippen molar-refractivity contribution in [2.75, 3.05) is 0 Å². The molecule has 0 aromatic heterocycles. The van der Waals surface area contributed by atoms with Crippen LogP contribution in [-0.2, 0) is 19.1 Å². The van der Waals surface area contributed by atoms with Crippen LogP contribution in [0.25, 0.3) is 0 Å². The molecule has 2 aliphatic heterocycles. The van der Waals surface area contributed by atoms with E-state index in [1.807, 2.05) is 55.4 Å². The average Bonchev–Trinajstić information content (AvgIpc) is 2.68. The van der Waals surface area contributed by atoms with Crippen LogP contribution >= 0.6 is 0 Å². The number of hydroxylamine groups is 4. The smallest absolute Gasteiger partial charge is 0.306 e. The Balaban J connectivity index is 1.58. The van der Waals surface area contributed by atoms with Gasteiger partial charge in [-0.25, -0.2) is 0 Å². The minimum absolute atomic E-state index is 0.170. The van der Waals surface area contributed by atoms with E-state index >= 15 is 0 Å². The van der Waals surface area contributed by atoms with Crippen LogP contribution in [0.2, 0.25) is 0 Å². The number of hydrogen-bond donors (Lipinski definition) is 2. The molecule has 0 aromatic rings. The standard InChI is InChI=1S/C27H50N2O6/c1-24(2)16-20(17-25(3,4)28(24)32)34-22(30)14-12-10-9-11-13-15-23(31)35-21-18-26(5,6)29(33)27(7,8)19-21/h20-21,32-33H,9-19H2,1-8H3. The van der Waals surface area contributed by atoms with E-state index in [0.717, 1.165) is 32.1 Å². The van der Waals surface area contributed by atoms with E-state index in [1.165, 1.54) is 10.1 Å². The molecule has 2 saturated heterocycles. The van der Waals surface area contributed by atoms with E-state index in [9.17, 15) is 20.0 Å². The molecular formula is C27H50N2O6. The second-order valence-electron chi connectivity index (χ2n) is 13.2. The minimum atomic E-state index is -0.434. The van der Waals surface area contributed by atoms with Gasteiger partial charge in [0.05, 0.1) is 0 Å². The highest BCUT2D eigenvalue weighted by Crippen LogP contribution is 2.39. The van der Waals surface area contributed by atoms with Crippen LogP contribution in [0, 0.1) is 0 Å². The second-order valence-corrected chi connectivity index (χ2v) is 13.2. The lowest BCUT2D eigenvalue weighted by Crippen LogP contribution is -2.60. The first-order valence-corrected chi connectivity index (χ1v) is 13.3. The van der Waals surface area contributed by atoms with Crippen LogP contribution in [0.15, 0.2) is 0 Å². The number of unbranched alkanes of at least 4 members (excludes halogenated alkanes) is 4. The van der Waals surface area contributed by atoms with Crippen molar-refractivity contribution < 1.29 is 29.5 Å². The molecule has 0 atom stereocenters. The molecule has 2 rings (SSSR count). The Hall–Kier alpha value is -1.22. The first-order chi connectivity index (χ1) is 16.0. The van der Waals surface area contributed by atoms with Gasteiger partial charge in [0.1, 0.15) is 12.2 Å². The molecule has 0 aromatic carbocycles. The van der Waals surface area contributed by atoms with E-state index in [4.69, 9.17) is 9.47 Å². The summed E-state index contributed by atoms with van der Waals surface area (Å²) in [6.07, 6.45) is 7.27. The van der Waals surface area contributed by atoms with Crippen LogP contribution in [0.3, 0.4) is 0 Å². The SMILES string of the molecule is CC1(C)CC(OC(=O)CCCCCCCC(=O)OC2CC(C)(C)N(O)C(C)(C)C2)CC(C)(C)N1O. The molecule has 0 radical (unpaired) electrons. The third kappa shape index (κ3) is 8.41.